The van der Waals surface area contributed by atoms with Gasteiger partial charge < -0.3 is 20.4 Å². The number of carbonyl (C=O) groups is 1. The fourth-order valence-electron chi connectivity index (χ4n) is 2.19. The van der Waals surface area contributed by atoms with Crippen LogP contribution in [-0.2, 0) is 0 Å². The predicted molar refractivity (Wildman–Crippen MR) is 103 cm³/mol. The maximum absolute atomic E-state index is 12.5. The van der Waals surface area contributed by atoms with E-state index in [0.717, 1.165) is 23.6 Å². The lowest BCUT2D eigenvalue weighted by Gasteiger charge is -2.13. The van der Waals surface area contributed by atoms with E-state index in [1.807, 2.05) is 64.3 Å². The number of benzene rings is 1. The van der Waals surface area contributed by atoms with Gasteiger partial charge in [0.15, 0.2) is 0 Å². The molecule has 0 aliphatic carbocycles. The summed E-state index contributed by atoms with van der Waals surface area (Å²) in [6.45, 7) is 3.42. The molecule has 7 nitrogen and oxygen atoms in total. The molecular weight excluding hydrogens is 316 g/mol. The molecule has 0 aliphatic heterocycles. The average Bonchev–Trinajstić information content (AvgIpc) is 2.54. The highest BCUT2D eigenvalue weighted by atomic mass is 16.1. The van der Waals surface area contributed by atoms with Gasteiger partial charge in [0.1, 0.15) is 5.69 Å². The van der Waals surface area contributed by atoms with Crippen molar-refractivity contribution in [2.45, 2.75) is 6.92 Å². The number of rotatable bonds is 7. The first-order valence-corrected chi connectivity index (χ1v) is 8.18. The Hall–Kier alpha value is -2.67. The van der Waals surface area contributed by atoms with Gasteiger partial charge in [-0.1, -0.05) is 0 Å². The van der Waals surface area contributed by atoms with Crippen molar-refractivity contribution in [1.29, 1.82) is 0 Å². The van der Waals surface area contributed by atoms with E-state index in [0.29, 0.717) is 18.2 Å². The average molecular weight is 342 g/mol. The van der Waals surface area contributed by atoms with Crippen molar-refractivity contribution in [2.75, 3.05) is 56.8 Å². The molecule has 0 spiro atoms. The summed E-state index contributed by atoms with van der Waals surface area (Å²) in [5.41, 5.74) is 2.89. The van der Waals surface area contributed by atoms with Gasteiger partial charge in [-0.15, -0.1) is 0 Å². The van der Waals surface area contributed by atoms with Crippen LogP contribution in [-0.4, -0.2) is 62.1 Å². The Bertz CT molecular complexity index is 712. The molecular formula is C18H26N6O. The minimum absolute atomic E-state index is 0.251. The summed E-state index contributed by atoms with van der Waals surface area (Å²) in [5.74, 6) is 0.216. The highest BCUT2D eigenvalue weighted by molar-refractivity contribution is 6.03. The lowest BCUT2D eigenvalue weighted by molar-refractivity contribution is 0.102. The summed E-state index contributed by atoms with van der Waals surface area (Å²) in [4.78, 5) is 25.2. The van der Waals surface area contributed by atoms with Crippen molar-refractivity contribution in [2.24, 2.45) is 0 Å². The first-order chi connectivity index (χ1) is 11.8. The van der Waals surface area contributed by atoms with Gasteiger partial charge in [0.2, 0.25) is 5.95 Å². The first-order valence-electron chi connectivity index (χ1n) is 8.18. The minimum atomic E-state index is -0.251. The van der Waals surface area contributed by atoms with Crippen molar-refractivity contribution < 1.29 is 4.79 Å². The summed E-state index contributed by atoms with van der Waals surface area (Å²) in [6.07, 6.45) is 0. The molecule has 0 saturated carbocycles. The zero-order valence-electron chi connectivity index (χ0n) is 15.5. The highest BCUT2D eigenvalue weighted by Crippen LogP contribution is 2.16. The standard InChI is InChI=1S/C18H26N6O/c1-13-12-16(22-18(20-13)19-10-11-23(2)3)17(25)21-14-6-8-15(9-7-14)24(4)5/h6-9,12H,10-11H2,1-5H3,(H,21,25)(H,19,20,22). The molecule has 1 aromatic carbocycles. The fourth-order valence-corrected chi connectivity index (χ4v) is 2.19. The second kappa shape index (κ2) is 8.43. The SMILES string of the molecule is Cc1cc(C(=O)Nc2ccc(N(C)C)cc2)nc(NCCN(C)C)n1. The summed E-state index contributed by atoms with van der Waals surface area (Å²) in [6, 6.07) is 9.33. The van der Waals surface area contributed by atoms with E-state index in [1.165, 1.54) is 0 Å². The van der Waals surface area contributed by atoms with Crippen LogP contribution in [0.5, 0.6) is 0 Å². The van der Waals surface area contributed by atoms with Crippen LogP contribution in [0.2, 0.25) is 0 Å². The van der Waals surface area contributed by atoms with Crippen molar-refractivity contribution in [1.82, 2.24) is 14.9 Å². The van der Waals surface area contributed by atoms with Gasteiger partial charge >= 0.3 is 0 Å². The Labute approximate surface area is 149 Å². The van der Waals surface area contributed by atoms with Crippen LogP contribution in [0.3, 0.4) is 0 Å². The smallest absolute Gasteiger partial charge is 0.274 e. The molecule has 0 aliphatic rings. The first kappa shape index (κ1) is 18.7. The Balaban J connectivity index is 2.06. The summed E-state index contributed by atoms with van der Waals surface area (Å²) >= 11 is 0. The van der Waals surface area contributed by atoms with Crippen LogP contribution in [0.15, 0.2) is 30.3 Å². The Morgan fingerprint density at radius 2 is 1.76 bits per heavy atom. The van der Waals surface area contributed by atoms with E-state index >= 15 is 0 Å². The van der Waals surface area contributed by atoms with Crippen molar-refractivity contribution in [3.8, 4) is 0 Å². The lowest BCUT2D eigenvalue weighted by atomic mass is 10.2. The van der Waals surface area contributed by atoms with Gasteiger partial charge in [0.05, 0.1) is 0 Å². The summed E-state index contributed by atoms with van der Waals surface area (Å²) in [5, 5.41) is 6.02. The molecule has 0 unspecified atom stereocenters. The third kappa shape index (κ3) is 5.72. The van der Waals surface area contributed by atoms with Gasteiger partial charge in [-0.05, 0) is 51.4 Å². The van der Waals surface area contributed by atoms with E-state index < -0.39 is 0 Å². The Morgan fingerprint density at radius 3 is 2.36 bits per heavy atom. The van der Waals surface area contributed by atoms with Gasteiger partial charge in [0, 0.05) is 44.3 Å². The number of amides is 1. The molecule has 0 atom stereocenters. The molecule has 2 aromatic rings. The molecule has 1 aromatic heterocycles. The minimum Gasteiger partial charge on any atom is -0.378 e. The van der Waals surface area contributed by atoms with Crippen LogP contribution in [0.25, 0.3) is 0 Å². The molecule has 1 heterocycles. The second-order valence-corrected chi connectivity index (χ2v) is 6.34. The molecule has 0 fully saturated rings. The number of likely N-dealkylation sites (N-methyl/N-ethyl adjacent to an activating group) is 1. The van der Waals surface area contributed by atoms with Crippen LogP contribution < -0.4 is 15.5 Å². The summed E-state index contributed by atoms with van der Waals surface area (Å²) < 4.78 is 0. The number of hydrogen-bond acceptors (Lipinski definition) is 6. The molecule has 0 bridgehead atoms. The Morgan fingerprint density at radius 1 is 1.08 bits per heavy atom. The van der Waals surface area contributed by atoms with Gasteiger partial charge in [-0.3, -0.25) is 4.79 Å². The van der Waals surface area contributed by atoms with Gasteiger partial charge in [-0.25, -0.2) is 9.97 Å². The number of aromatic nitrogens is 2. The molecule has 0 radical (unpaired) electrons. The van der Waals surface area contributed by atoms with E-state index in [4.69, 9.17) is 0 Å². The molecule has 2 rings (SSSR count). The number of nitrogens with one attached hydrogen (secondary N) is 2. The number of nitrogens with zero attached hydrogens (tertiary/aromatic N) is 4. The van der Waals surface area contributed by atoms with Crippen LogP contribution in [0.4, 0.5) is 17.3 Å². The van der Waals surface area contributed by atoms with Gasteiger partial charge in [0.25, 0.3) is 5.91 Å². The lowest BCUT2D eigenvalue weighted by Crippen LogP contribution is -2.22. The zero-order chi connectivity index (χ0) is 18.4. The van der Waals surface area contributed by atoms with E-state index in [-0.39, 0.29) is 5.91 Å². The number of anilines is 3. The molecule has 7 heteroatoms. The van der Waals surface area contributed by atoms with Crippen LogP contribution in [0.1, 0.15) is 16.2 Å². The highest BCUT2D eigenvalue weighted by Gasteiger charge is 2.11. The summed E-state index contributed by atoms with van der Waals surface area (Å²) in [7, 11) is 7.95. The fraction of sp³-hybridized carbons (Fsp3) is 0.389. The largest absolute Gasteiger partial charge is 0.378 e. The van der Waals surface area contributed by atoms with E-state index in [1.54, 1.807) is 6.07 Å². The molecule has 25 heavy (non-hydrogen) atoms. The number of carbonyl (C=O) groups excluding carboxylic acids is 1. The number of aryl methyl sites for hydroxylation is 1. The van der Waals surface area contributed by atoms with Crippen molar-refractivity contribution in [3.63, 3.8) is 0 Å². The topological polar surface area (TPSA) is 73.4 Å². The molecule has 0 saturated heterocycles. The van der Waals surface area contributed by atoms with E-state index in [9.17, 15) is 4.79 Å². The van der Waals surface area contributed by atoms with Gasteiger partial charge in [-0.2, -0.15) is 0 Å². The number of hydrogen-bond donors (Lipinski definition) is 2. The molecule has 2 N–H and O–H groups in total. The molecule has 134 valence electrons. The van der Waals surface area contributed by atoms with Crippen molar-refractivity contribution in [3.05, 3.63) is 41.7 Å². The maximum Gasteiger partial charge on any atom is 0.274 e. The Kier molecular flexibility index (Phi) is 6.30. The third-order valence-corrected chi connectivity index (χ3v) is 3.57. The van der Waals surface area contributed by atoms with E-state index in [2.05, 4.69) is 25.5 Å². The third-order valence-electron chi connectivity index (χ3n) is 3.57. The monoisotopic (exact) mass is 342 g/mol. The predicted octanol–water partition coefficient (Wildman–Crippen LogP) is 2.08. The normalized spacial score (nSPS) is 10.6. The maximum atomic E-state index is 12.5. The quantitative estimate of drug-likeness (QED) is 0.802. The van der Waals surface area contributed by atoms with Crippen LogP contribution >= 0.6 is 0 Å². The van der Waals surface area contributed by atoms with Crippen molar-refractivity contribution >= 4 is 23.2 Å². The molecule has 1 amide bonds. The zero-order valence-corrected chi connectivity index (χ0v) is 15.5. The second-order valence-electron chi connectivity index (χ2n) is 6.34. The van der Waals surface area contributed by atoms with Crippen LogP contribution in [0, 0.1) is 6.92 Å².